The van der Waals surface area contributed by atoms with Gasteiger partial charge in [-0.1, -0.05) is 6.92 Å². The molecule has 19 heavy (non-hydrogen) atoms. The molecule has 2 N–H and O–H groups in total. The average molecular weight is 265 g/mol. The summed E-state index contributed by atoms with van der Waals surface area (Å²) < 4.78 is 1.88. The summed E-state index contributed by atoms with van der Waals surface area (Å²) in [6.45, 7) is 9.87. The summed E-state index contributed by atoms with van der Waals surface area (Å²) in [6, 6.07) is 0. The highest BCUT2D eigenvalue weighted by Crippen LogP contribution is 2.09. The Morgan fingerprint density at radius 1 is 1.26 bits per heavy atom. The molecule has 108 valence electrons. The van der Waals surface area contributed by atoms with Crippen LogP contribution in [-0.2, 0) is 13.6 Å². The Morgan fingerprint density at radius 2 is 2.00 bits per heavy atom. The lowest BCUT2D eigenvalue weighted by atomic mass is 10.1. The minimum Gasteiger partial charge on any atom is -0.330 e. The molecule has 0 bridgehead atoms. The highest BCUT2D eigenvalue weighted by Gasteiger charge is 2.16. The smallest absolute Gasteiger partial charge is 0.0534 e. The molecule has 0 amide bonds. The fraction of sp³-hybridized carbons (Fsp3) is 0.786. The zero-order valence-corrected chi connectivity index (χ0v) is 12.3. The summed E-state index contributed by atoms with van der Waals surface area (Å²) in [5, 5.41) is 4.24. The highest BCUT2D eigenvalue weighted by atomic mass is 15.3. The van der Waals surface area contributed by atoms with E-state index in [0.717, 1.165) is 32.7 Å². The Kier molecular flexibility index (Phi) is 5.36. The van der Waals surface area contributed by atoms with E-state index in [1.165, 1.54) is 25.1 Å². The molecule has 5 nitrogen and oxygen atoms in total. The van der Waals surface area contributed by atoms with Crippen molar-refractivity contribution >= 4 is 0 Å². The van der Waals surface area contributed by atoms with E-state index in [2.05, 4.69) is 28.0 Å². The van der Waals surface area contributed by atoms with Crippen molar-refractivity contribution in [3.63, 3.8) is 0 Å². The van der Waals surface area contributed by atoms with Crippen LogP contribution in [0.3, 0.4) is 0 Å². The van der Waals surface area contributed by atoms with Gasteiger partial charge in [-0.3, -0.25) is 9.58 Å². The topological polar surface area (TPSA) is 50.3 Å². The SMILES string of the molecule is CC(CN)CN1CCCN(Cc2cnn(C)c2)CC1. The highest BCUT2D eigenvalue weighted by molar-refractivity contribution is 5.03. The van der Waals surface area contributed by atoms with Crippen LogP contribution in [0.5, 0.6) is 0 Å². The quantitative estimate of drug-likeness (QED) is 0.843. The van der Waals surface area contributed by atoms with Crippen molar-refractivity contribution in [1.82, 2.24) is 19.6 Å². The Balaban J connectivity index is 1.79. The monoisotopic (exact) mass is 265 g/mol. The normalized spacial score (nSPS) is 20.4. The fourth-order valence-corrected chi connectivity index (χ4v) is 2.69. The van der Waals surface area contributed by atoms with Crippen molar-refractivity contribution in [3.8, 4) is 0 Å². The van der Waals surface area contributed by atoms with Crippen molar-refractivity contribution in [2.24, 2.45) is 18.7 Å². The van der Waals surface area contributed by atoms with E-state index in [-0.39, 0.29) is 0 Å². The lowest BCUT2D eigenvalue weighted by Crippen LogP contribution is -2.35. The molecular formula is C14H27N5. The van der Waals surface area contributed by atoms with Crippen LogP contribution in [0.15, 0.2) is 12.4 Å². The van der Waals surface area contributed by atoms with Gasteiger partial charge < -0.3 is 10.6 Å². The fourth-order valence-electron chi connectivity index (χ4n) is 2.69. The minimum atomic E-state index is 0.602. The maximum Gasteiger partial charge on any atom is 0.0534 e. The summed E-state index contributed by atoms with van der Waals surface area (Å²) in [5.41, 5.74) is 7.03. The van der Waals surface area contributed by atoms with E-state index >= 15 is 0 Å². The van der Waals surface area contributed by atoms with Crippen LogP contribution in [0.25, 0.3) is 0 Å². The second-order valence-electron chi connectivity index (χ2n) is 5.79. The van der Waals surface area contributed by atoms with Crippen molar-refractivity contribution in [2.45, 2.75) is 19.9 Å². The number of hydrogen-bond acceptors (Lipinski definition) is 4. The third-order valence-corrected chi connectivity index (χ3v) is 3.82. The van der Waals surface area contributed by atoms with Crippen molar-refractivity contribution < 1.29 is 0 Å². The molecule has 0 saturated carbocycles. The largest absolute Gasteiger partial charge is 0.330 e. The van der Waals surface area contributed by atoms with Crippen LogP contribution in [-0.4, -0.2) is 58.8 Å². The first kappa shape index (κ1) is 14.5. The number of aromatic nitrogens is 2. The van der Waals surface area contributed by atoms with Gasteiger partial charge in [-0.25, -0.2) is 0 Å². The van der Waals surface area contributed by atoms with Crippen LogP contribution in [0, 0.1) is 5.92 Å². The summed E-state index contributed by atoms with van der Waals surface area (Å²) in [4.78, 5) is 5.09. The molecule has 1 aliphatic rings. The standard InChI is InChI=1S/C14H27N5/c1-13(8-15)10-18-4-3-5-19(7-6-18)12-14-9-16-17(2)11-14/h9,11,13H,3-8,10,12,15H2,1-2H3. The van der Waals surface area contributed by atoms with Gasteiger partial charge in [0.1, 0.15) is 0 Å². The van der Waals surface area contributed by atoms with E-state index in [0.29, 0.717) is 5.92 Å². The van der Waals surface area contributed by atoms with Crippen LogP contribution in [0.4, 0.5) is 0 Å². The molecule has 0 radical (unpaired) electrons. The van der Waals surface area contributed by atoms with Gasteiger partial charge >= 0.3 is 0 Å². The summed E-state index contributed by atoms with van der Waals surface area (Å²) in [5.74, 6) is 0.602. The summed E-state index contributed by atoms with van der Waals surface area (Å²) in [6.07, 6.45) is 5.33. The molecule has 2 rings (SSSR count). The first-order valence-corrected chi connectivity index (χ1v) is 7.29. The maximum atomic E-state index is 5.71. The molecule has 1 aliphatic heterocycles. The maximum absolute atomic E-state index is 5.71. The molecule has 2 heterocycles. The first-order valence-electron chi connectivity index (χ1n) is 7.29. The van der Waals surface area contributed by atoms with Crippen molar-refractivity contribution in [2.75, 3.05) is 39.3 Å². The van der Waals surface area contributed by atoms with Crippen LogP contribution < -0.4 is 5.73 Å². The van der Waals surface area contributed by atoms with Gasteiger partial charge in [-0.2, -0.15) is 5.10 Å². The predicted octanol–water partition coefficient (Wildman–Crippen LogP) is 0.523. The molecule has 1 saturated heterocycles. The summed E-state index contributed by atoms with van der Waals surface area (Å²) in [7, 11) is 1.97. The van der Waals surface area contributed by atoms with E-state index in [4.69, 9.17) is 5.73 Å². The molecule has 1 atom stereocenters. The second kappa shape index (κ2) is 7.03. The lowest BCUT2D eigenvalue weighted by Gasteiger charge is -2.23. The van der Waals surface area contributed by atoms with Gasteiger partial charge in [-0.15, -0.1) is 0 Å². The zero-order valence-electron chi connectivity index (χ0n) is 12.3. The Morgan fingerprint density at radius 3 is 2.68 bits per heavy atom. The average Bonchev–Trinajstić information content (AvgIpc) is 2.67. The van der Waals surface area contributed by atoms with Gasteiger partial charge in [0.15, 0.2) is 0 Å². The molecule has 1 aromatic heterocycles. The van der Waals surface area contributed by atoms with Gasteiger partial charge in [0.25, 0.3) is 0 Å². The van der Waals surface area contributed by atoms with Gasteiger partial charge in [-0.05, 0) is 32.0 Å². The third-order valence-electron chi connectivity index (χ3n) is 3.82. The predicted molar refractivity (Wildman–Crippen MR) is 77.8 cm³/mol. The van der Waals surface area contributed by atoms with E-state index in [9.17, 15) is 0 Å². The molecule has 5 heteroatoms. The Labute approximate surface area is 116 Å². The van der Waals surface area contributed by atoms with Crippen LogP contribution in [0.1, 0.15) is 18.9 Å². The number of hydrogen-bond donors (Lipinski definition) is 1. The van der Waals surface area contributed by atoms with E-state index < -0.39 is 0 Å². The Hall–Kier alpha value is -0.910. The van der Waals surface area contributed by atoms with Gasteiger partial charge in [0.2, 0.25) is 0 Å². The molecule has 1 unspecified atom stereocenters. The third kappa shape index (κ3) is 4.60. The molecule has 1 aromatic rings. The molecule has 0 aliphatic carbocycles. The van der Waals surface area contributed by atoms with Crippen LogP contribution >= 0.6 is 0 Å². The number of rotatable bonds is 5. The van der Waals surface area contributed by atoms with Gasteiger partial charge in [0, 0.05) is 45.0 Å². The number of nitrogens with two attached hydrogens (primary N) is 1. The minimum absolute atomic E-state index is 0.602. The molecular weight excluding hydrogens is 238 g/mol. The molecule has 0 spiro atoms. The van der Waals surface area contributed by atoms with Crippen LogP contribution in [0.2, 0.25) is 0 Å². The second-order valence-corrected chi connectivity index (χ2v) is 5.79. The van der Waals surface area contributed by atoms with Crippen molar-refractivity contribution in [3.05, 3.63) is 18.0 Å². The molecule has 0 aromatic carbocycles. The first-order chi connectivity index (χ1) is 9.17. The molecule has 1 fully saturated rings. The number of aryl methyl sites for hydroxylation is 1. The number of nitrogens with zero attached hydrogens (tertiary/aromatic N) is 4. The Bertz CT molecular complexity index is 376. The summed E-state index contributed by atoms with van der Waals surface area (Å²) >= 11 is 0. The zero-order chi connectivity index (χ0) is 13.7. The van der Waals surface area contributed by atoms with E-state index in [1.807, 2.05) is 17.9 Å². The van der Waals surface area contributed by atoms with Crippen molar-refractivity contribution in [1.29, 1.82) is 0 Å². The van der Waals surface area contributed by atoms with E-state index in [1.54, 1.807) is 0 Å². The lowest BCUT2D eigenvalue weighted by molar-refractivity contribution is 0.232. The van der Waals surface area contributed by atoms with Gasteiger partial charge in [0.05, 0.1) is 6.20 Å².